The third kappa shape index (κ3) is 6.44. The first-order valence-electron chi connectivity index (χ1n) is 9.73. The van der Waals surface area contributed by atoms with Crippen molar-refractivity contribution in [3.63, 3.8) is 0 Å². The van der Waals surface area contributed by atoms with Gasteiger partial charge in [0.15, 0.2) is 11.5 Å². The molecule has 0 aromatic heterocycles. The zero-order valence-corrected chi connectivity index (χ0v) is 17.0. The van der Waals surface area contributed by atoms with Crippen molar-refractivity contribution in [3.05, 3.63) is 90.0 Å². The molecule has 1 amide bonds. The Morgan fingerprint density at radius 3 is 2.23 bits per heavy atom. The van der Waals surface area contributed by atoms with Crippen molar-refractivity contribution < 1.29 is 27.8 Å². The van der Waals surface area contributed by atoms with Crippen LogP contribution in [-0.2, 0) is 11.2 Å². The lowest BCUT2D eigenvalue weighted by Crippen LogP contribution is -2.33. The number of amides is 1. The van der Waals surface area contributed by atoms with Gasteiger partial charge >= 0.3 is 6.61 Å². The number of hydrogen-bond donors (Lipinski definition) is 1. The maximum absolute atomic E-state index is 12.9. The highest BCUT2D eigenvalue weighted by Gasteiger charge is 2.22. The summed E-state index contributed by atoms with van der Waals surface area (Å²) in [6.45, 7) is -2.66. The first-order chi connectivity index (χ1) is 15.1. The van der Waals surface area contributed by atoms with Crippen LogP contribution in [0, 0.1) is 0 Å². The number of ether oxygens (including phenoxy) is 3. The average Bonchev–Trinajstić information content (AvgIpc) is 2.78. The monoisotopic (exact) mass is 427 g/mol. The Morgan fingerprint density at radius 2 is 1.58 bits per heavy atom. The summed E-state index contributed by atoms with van der Waals surface area (Å²) >= 11 is 0. The first kappa shape index (κ1) is 22.1. The van der Waals surface area contributed by atoms with Gasteiger partial charge in [0.2, 0.25) is 6.10 Å². The van der Waals surface area contributed by atoms with Gasteiger partial charge in [-0.05, 0) is 36.2 Å². The molecule has 5 nitrogen and oxygen atoms in total. The second-order valence-electron chi connectivity index (χ2n) is 6.63. The molecule has 1 atom stereocenters. The first-order valence-corrected chi connectivity index (χ1v) is 9.73. The number of nitrogens with one attached hydrogen (secondary N) is 1. The molecular formula is C24H23F2NO4. The maximum Gasteiger partial charge on any atom is 0.387 e. The number of para-hydroxylation sites is 1. The van der Waals surface area contributed by atoms with E-state index >= 15 is 0 Å². The van der Waals surface area contributed by atoms with E-state index in [1.807, 2.05) is 48.5 Å². The van der Waals surface area contributed by atoms with Crippen LogP contribution in [0.15, 0.2) is 78.9 Å². The van der Waals surface area contributed by atoms with Crippen molar-refractivity contribution >= 4 is 5.91 Å². The number of carbonyl (C=O) groups is 1. The number of halogens is 2. The molecule has 1 N–H and O–H groups in total. The van der Waals surface area contributed by atoms with Gasteiger partial charge in [-0.15, -0.1) is 0 Å². The van der Waals surface area contributed by atoms with Gasteiger partial charge in [0.25, 0.3) is 5.91 Å². The molecule has 0 heterocycles. The lowest BCUT2D eigenvalue weighted by atomic mass is 10.1. The molecule has 0 saturated carbocycles. The quantitative estimate of drug-likeness (QED) is 0.506. The molecule has 162 valence electrons. The third-order valence-corrected chi connectivity index (χ3v) is 4.49. The summed E-state index contributed by atoms with van der Waals surface area (Å²) in [5.74, 6) is 0.451. The summed E-state index contributed by atoms with van der Waals surface area (Å²) in [5, 5.41) is 2.85. The van der Waals surface area contributed by atoms with Crippen LogP contribution in [0.25, 0.3) is 0 Å². The lowest BCUT2D eigenvalue weighted by Gasteiger charge is -2.19. The molecule has 0 spiro atoms. The van der Waals surface area contributed by atoms with Crippen molar-refractivity contribution in [3.8, 4) is 17.2 Å². The number of carbonyl (C=O) groups excluding carboxylic acids is 1. The smallest absolute Gasteiger partial charge is 0.387 e. The van der Waals surface area contributed by atoms with E-state index in [0.29, 0.717) is 18.7 Å². The number of alkyl halides is 2. The standard InChI is InChI=1S/C24H23F2NO4/c1-29-20-13-12-17(16-21(20)31-24(25)26)14-15-27-23(28)22(18-8-4-2-5-9-18)30-19-10-6-3-7-11-19/h2-13,16,22,24H,14-15H2,1H3,(H,27,28). The van der Waals surface area contributed by atoms with Crippen molar-refractivity contribution in [1.29, 1.82) is 0 Å². The number of benzene rings is 3. The van der Waals surface area contributed by atoms with E-state index in [-0.39, 0.29) is 17.4 Å². The fourth-order valence-electron chi connectivity index (χ4n) is 3.02. The summed E-state index contributed by atoms with van der Waals surface area (Å²) in [6, 6.07) is 23.1. The zero-order valence-electron chi connectivity index (χ0n) is 17.0. The summed E-state index contributed by atoms with van der Waals surface area (Å²) in [6.07, 6.45) is -0.403. The largest absolute Gasteiger partial charge is 0.493 e. The molecule has 0 radical (unpaired) electrons. The minimum Gasteiger partial charge on any atom is -0.493 e. The molecule has 0 fully saturated rings. The third-order valence-electron chi connectivity index (χ3n) is 4.49. The Hall–Kier alpha value is -3.61. The summed E-state index contributed by atoms with van der Waals surface area (Å²) in [5.41, 5.74) is 1.44. The van der Waals surface area contributed by atoms with Gasteiger partial charge in [0.05, 0.1) is 7.11 Å². The number of hydrogen-bond acceptors (Lipinski definition) is 4. The second-order valence-corrected chi connectivity index (χ2v) is 6.63. The van der Waals surface area contributed by atoms with E-state index in [0.717, 1.165) is 11.1 Å². The molecule has 0 aliphatic carbocycles. The highest BCUT2D eigenvalue weighted by Crippen LogP contribution is 2.29. The number of methoxy groups -OCH3 is 1. The second kappa shape index (κ2) is 11.0. The SMILES string of the molecule is COc1ccc(CCNC(=O)C(Oc2ccccc2)c2ccccc2)cc1OC(F)F. The predicted molar refractivity (Wildman–Crippen MR) is 113 cm³/mol. The molecule has 3 aromatic rings. The molecule has 0 aliphatic rings. The van der Waals surface area contributed by atoms with Crippen LogP contribution >= 0.6 is 0 Å². The van der Waals surface area contributed by atoms with Crippen LogP contribution in [-0.4, -0.2) is 26.2 Å². The Bertz CT molecular complexity index is 968. The molecule has 31 heavy (non-hydrogen) atoms. The van der Waals surface area contributed by atoms with Crippen molar-refractivity contribution in [2.75, 3.05) is 13.7 Å². The molecular weight excluding hydrogens is 404 g/mol. The van der Waals surface area contributed by atoms with E-state index in [2.05, 4.69) is 10.1 Å². The van der Waals surface area contributed by atoms with Crippen molar-refractivity contribution in [2.24, 2.45) is 0 Å². The van der Waals surface area contributed by atoms with E-state index in [1.165, 1.54) is 13.2 Å². The molecule has 7 heteroatoms. The minimum absolute atomic E-state index is 0.0455. The summed E-state index contributed by atoms with van der Waals surface area (Å²) in [7, 11) is 1.38. The van der Waals surface area contributed by atoms with Crippen LogP contribution in [0.2, 0.25) is 0 Å². The Balaban J connectivity index is 1.66. The maximum atomic E-state index is 12.9. The lowest BCUT2D eigenvalue weighted by molar-refractivity contribution is -0.128. The predicted octanol–water partition coefficient (Wildman–Crippen LogP) is 4.78. The van der Waals surface area contributed by atoms with E-state index in [4.69, 9.17) is 9.47 Å². The summed E-state index contributed by atoms with van der Waals surface area (Å²) in [4.78, 5) is 12.9. The van der Waals surface area contributed by atoms with Crippen molar-refractivity contribution in [2.45, 2.75) is 19.1 Å². The van der Waals surface area contributed by atoms with Gasteiger partial charge in [-0.25, -0.2) is 0 Å². The zero-order chi connectivity index (χ0) is 22.1. The molecule has 1 unspecified atom stereocenters. The van der Waals surface area contributed by atoms with Crippen LogP contribution in [0.4, 0.5) is 8.78 Å². The van der Waals surface area contributed by atoms with E-state index in [1.54, 1.807) is 24.3 Å². The van der Waals surface area contributed by atoms with E-state index < -0.39 is 12.7 Å². The summed E-state index contributed by atoms with van der Waals surface area (Å²) < 4.78 is 40.7. The molecule has 3 rings (SSSR count). The van der Waals surface area contributed by atoms with Gasteiger partial charge in [-0.1, -0.05) is 54.6 Å². The Morgan fingerprint density at radius 1 is 0.903 bits per heavy atom. The van der Waals surface area contributed by atoms with E-state index in [9.17, 15) is 13.6 Å². The average molecular weight is 427 g/mol. The highest BCUT2D eigenvalue weighted by atomic mass is 19.3. The fraction of sp³-hybridized carbons (Fsp3) is 0.208. The van der Waals surface area contributed by atoms with Gasteiger partial charge < -0.3 is 19.5 Å². The minimum atomic E-state index is -2.95. The Kier molecular flexibility index (Phi) is 7.81. The topological polar surface area (TPSA) is 56.8 Å². The Labute approximate surface area is 179 Å². The van der Waals surface area contributed by atoms with Gasteiger partial charge in [-0.2, -0.15) is 8.78 Å². The molecule has 0 saturated heterocycles. The van der Waals surface area contributed by atoms with Crippen LogP contribution < -0.4 is 19.5 Å². The van der Waals surface area contributed by atoms with Crippen LogP contribution in [0.3, 0.4) is 0 Å². The highest BCUT2D eigenvalue weighted by molar-refractivity contribution is 5.82. The van der Waals surface area contributed by atoms with Crippen molar-refractivity contribution in [1.82, 2.24) is 5.32 Å². The molecule has 0 aliphatic heterocycles. The van der Waals surface area contributed by atoms with Crippen LogP contribution in [0.5, 0.6) is 17.2 Å². The van der Waals surface area contributed by atoms with Crippen LogP contribution in [0.1, 0.15) is 17.2 Å². The van der Waals surface area contributed by atoms with Gasteiger partial charge in [0, 0.05) is 12.1 Å². The van der Waals surface area contributed by atoms with Gasteiger partial charge in [-0.3, -0.25) is 4.79 Å². The number of rotatable bonds is 10. The molecule has 0 bridgehead atoms. The van der Waals surface area contributed by atoms with Gasteiger partial charge in [0.1, 0.15) is 5.75 Å². The fourth-order valence-corrected chi connectivity index (χ4v) is 3.02. The normalized spacial score (nSPS) is 11.6. The molecule has 3 aromatic carbocycles.